The van der Waals surface area contributed by atoms with Gasteiger partial charge in [0.1, 0.15) is 11.6 Å². The quantitative estimate of drug-likeness (QED) is 0.597. The summed E-state index contributed by atoms with van der Waals surface area (Å²) in [6.07, 6.45) is -5.23. The van der Waals surface area contributed by atoms with E-state index in [0.29, 0.717) is 12.1 Å². The number of hydrogen-bond donors (Lipinski definition) is 2. The van der Waals surface area contributed by atoms with E-state index in [0.717, 1.165) is 0 Å². The number of alkyl halides is 3. The first-order valence-electron chi connectivity index (χ1n) is 6.50. The summed E-state index contributed by atoms with van der Waals surface area (Å²) in [5, 5.41) is 1.83. The molecule has 6 nitrogen and oxygen atoms in total. The van der Waals surface area contributed by atoms with Crippen LogP contribution in [0.4, 0.5) is 27.8 Å². The maximum absolute atomic E-state index is 14.3. The highest BCUT2D eigenvalue weighted by atomic mass is 19.4. The molecular formula is C14H6F5N3O3. The fourth-order valence-corrected chi connectivity index (χ4v) is 2.47. The van der Waals surface area contributed by atoms with E-state index >= 15 is 0 Å². The van der Waals surface area contributed by atoms with Crippen molar-refractivity contribution in [1.82, 2.24) is 9.88 Å². The van der Waals surface area contributed by atoms with E-state index in [9.17, 15) is 36.3 Å². The Morgan fingerprint density at radius 1 is 1.00 bits per heavy atom. The highest BCUT2D eigenvalue weighted by Crippen LogP contribution is 2.35. The number of nitrogens with zero attached hydrogens (tertiary/aromatic N) is 1. The van der Waals surface area contributed by atoms with Gasteiger partial charge in [-0.1, -0.05) is 0 Å². The summed E-state index contributed by atoms with van der Waals surface area (Å²) in [6, 6.07) is 0.844. The van der Waals surface area contributed by atoms with Crippen molar-refractivity contribution in [2.75, 3.05) is 5.73 Å². The van der Waals surface area contributed by atoms with Gasteiger partial charge in [-0.3, -0.25) is 24.3 Å². The Balaban J connectivity index is 2.39. The number of halogens is 5. The third-order valence-electron chi connectivity index (χ3n) is 3.52. The minimum atomic E-state index is -5.23. The van der Waals surface area contributed by atoms with Crippen molar-refractivity contribution in [3.05, 3.63) is 56.9 Å². The number of hydrogen-bond acceptors (Lipinski definition) is 4. The lowest BCUT2D eigenvalue weighted by Crippen LogP contribution is -2.26. The molecule has 0 saturated heterocycles. The lowest BCUT2D eigenvalue weighted by Gasteiger charge is -2.16. The van der Waals surface area contributed by atoms with Crippen LogP contribution in [0.15, 0.2) is 23.0 Å². The van der Waals surface area contributed by atoms with E-state index in [1.165, 1.54) is 0 Å². The fourth-order valence-electron chi connectivity index (χ4n) is 2.47. The Kier molecular flexibility index (Phi) is 3.41. The minimum absolute atomic E-state index is 0.0797. The topological polar surface area (TPSA) is 94.2 Å². The Morgan fingerprint density at radius 3 is 2.24 bits per heavy atom. The van der Waals surface area contributed by atoms with Gasteiger partial charge in [0.15, 0.2) is 5.82 Å². The summed E-state index contributed by atoms with van der Waals surface area (Å²) in [5.41, 5.74) is 0.366. The van der Waals surface area contributed by atoms with Crippen LogP contribution in [-0.4, -0.2) is 16.4 Å². The van der Waals surface area contributed by atoms with Crippen LogP contribution < -0.4 is 16.6 Å². The Bertz CT molecular complexity index is 1010. The van der Waals surface area contributed by atoms with E-state index in [1.54, 1.807) is 0 Å². The van der Waals surface area contributed by atoms with Gasteiger partial charge in [-0.2, -0.15) is 13.2 Å². The summed E-state index contributed by atoms with van der Waals surface area (Å²) in [6.45, 7) is 0. The number of nitrogen functional groups attached to an aromatic ring is 1. The first kappa shape index (κ1) is 16.6. The van der Waals surface area contributed by atoms with Gasteiger partial charge in [0.2, 0.25) is 0 Å². The van der Waals surface area contributed by atoms with Gasteiger partial charge in [0, 0.05) is 12.1 Å². The molecule has 1 aromatic carbocycles. The van der Waals surface area contributed by atoms with Crippen molar-refractivity contribution in [2.45, 2.75) is 6.18 Å². The molecule has 11 heteroatoms. The van der Waals surface area contributed by atoms with Gasteiger partial charge in [0.25, 0.3) is 17.4 Å². The maximum Gasteiger partial charge on any atom is 0.419 e. The van der Waals surface area contributed by atoms with Gasteiger partial charge < -0.3 is 5.73 Å². The Morgan fingerprint density at radius 2 is 1.64 bits per heavy atom. The van der Waals surface area contributed by atoms with Crippen molar-refractivity contribution in [3.63, 3.8) is 0 Å². The number of amides is 2. The summed E-state index contributed by atoms with van der Waals surface area (Å²) in [7, 11) is 0. The van der Waals surface area contributed by atoms with Gasteiger partial charge >= 0.3 is 6.18 Å². The highest BCUT2D eigenvalue weighted by molar-refractivity contribution is 6.23. The number of fused-ring (bicyclic) bond motifs is 1. The average molecular weight is 359 g/mol. The predicted octanol–water partition coefficient (Wildman–Crippen LogP) is 1.60. The van der Waals surface area contributed by atoms with Crippen molar-refractivity contribution in [1.29, 1.82) is 0 Å². The van der Waals surface area contributed by atoms with Crippen molar-refractivity contribution in [2.24, 2.45) is 0 Å². The van der Waals surface area contributed by atoms with Crippen LogP contribution in [0.1, 0.15) is 26.3 Å². The molecule has 0 atom stereocenters. The number of rotatable bonds is 1. The van der Waals surface area contributed by atoms with Crippen LogP contribution in [0.3, 0.4) is 0 Å². The number of nitrogens with one attached hydrogen (secondary N) is 1. The zero-order valence-corrected chi connectivity index (χ0v) is 11.9. The van der Waals surface area contributed by atoms with Crippen LogP contribution in [0, 0.1) is 11.6 Å². The number of pyridine rings is 1. The molecule has 3 N–H and O–H groups in total. The second-order valence-electron chi connectivity index (χ2n) is 5.06. The SMILES string of the molecule is Nc1c2c(cc(=O)n1-c1cc(F)cc(C(F)(F)F)c1F)C(=O)NC2=O. The van der Waals surface area contributed by atoms with Crippen LogP contribution in [0.25, 0.3) is 5.69 Å². The molecule has 3 rings (SSSR count). The van der Waals surface area contributed by atoms with E-state index in [2.05, 4.69) is 0 Å². The first-order valence-corrected chi connectivity index (χ1v) is 6.50. The first-order chi connectivity index (χ1) is 11.5. The fraction of sp³-hybridized carbons (Fsp3) is 0.0714. The molecule has 130 valence electrons. The molecule has 0 saturated carbocycles. The number of benzene rings is 1. The smallest absolute Gasteiger partial charge is 0.384 e. The molecule has 0 unspecified atom stereocenters. The van der Waals surface area contributed by atoms with Crippen LogP contribution in [-0.2, 0) is 6.18 Å². The van der Waals surface area contributed by atoms with Crippen molar-refractivity contribution < 1.29 is 31.5 Å². The molecule has 0 fully saturated rings. The number of anilines is 1. The summed E-state index contributed by atoms with van der Waals surface area (Å²) >= 11 is 0. The van der Waals surface area contributed by atoms with Crippen molar-refractivity contribution >= 4 is 17.6 Å². The summed E-state index contributed by atoms with van der Waals surface area (Å²) in [5.74, 6) is -6.17. The second-order valence-corrected chi connectivity index (χ2v) is 5.06. The largest absolute Gasteiger partial charge is 0.419 e. The lowest BCUT2D eigenvalue weighted by molar-refractivity contribution is -0.140. The molecule has 25 heavy (non-hydrogen) atoms. The Hall–Kier alpha value is -3.24. The van der Waals surface area contributed by atoms with Gasteiger partial charge in [-0.05, 0) is 6.07 Å². The molecule has 1 aromatic heterocycles. The van der Waals surface area contributed by atoms with Crippen LogP contribution in [0.5, 0.6) is 0 Å². The summed E-state index contributed by atoms with van der Waals surface area (Å²) < 4.78 is 66.5. The zero-order chi connectivity index (χ0) is 18.7. The standard InChI is InChI=1S/C14H6F5N3O3/c15-4-1-6(14(17,18)19)10(16)7(2-4)22-8(23)3-5-9(11(22)20)13(25)21-12(5)24/h1-3H,20H2,(H,21,24,25). The predicted molar refractivity (Wildman–Crippen MR) is 73.2 cm³/mol. The molecule has 2 heterocycles. The third kappa shape index (κ3) is 2.44. The highest BCUT2D eigenvalue weighted by Gasteiger charge is 2.37. The van der Waals surface area contributed by atoms with E-state index < -0.39 is 63.4 Å². The third-order valence-corrected chi connectivity index (χ3v) is 3.52. The summed E-state index contributed by atoms with van der Waals surface area (Å²) in [4.78, 5) is 35.3. The molecule has 2 aromatic rings. The van der Waals surface area contributed by atoms with Crippen molar-refractivity contribution in [3.8, 4) is 5.69 Å². The zero-order valence-electron chi connectivity index (χ0n) is 11.9. The monoisotopic (exact) mass is 359 g/mol. The number of imide groups is 1. The molecule has 0 radical (unpaired) electrons. The molecule has 2 amide bonds. The van der Waals surface area contributed by atoms with E-state index in [4.69, 9.17) is 5.73 Å². The lowest BCUT2D eigenvalue weighted by atomic mass is 10.1. The van der Waals surface area contributed by atoms with Gasteiger partial charge in [-0.25, -0.2) is 8.78 Å². The van der Waals surface area contributed by atoms with Gasteiger partial charge in [-0.15, -0.1) is 0 Å². The normalized spacial score (nSPS) is 13.8. The van der Waals surface area contributed by atoms with Crippen LogP contribution >= 0.6 is 0 Å². The Labute approximate surface area is 134 Å². The van der Waals surface area contributed by atoms with Gasteiger partial charge in [0.05, 0.1) is 22.4 Å². The number of carbonyl (C=O) groups is 2. The second kappa shape index (κ2) is 5.13. The molecule has 0 spiro atoms. The van der Waals surface area contributed by atoms with E-state index in [1.807, 2.05) is 5.32 Å². The number of nitrogens with two attached hydrogens (primary N) is 1. The molecule has 1 aliphatic rings. The maximum atomic E-state index is 14.3. The molecule has 0 bridgehead atoms. The average Bonchev–Trinajstić information content (AvgIpc) is 2.75. The molecule has 1 aliphatic heterocycles. The van der Waals surface area contributed by atoms with Crippen LogP contribution in [0.2, 0.25) is 0 Å². The van der Waals surface area contributed by atoms with E-state index in [-0.39, 0.29) is 10.6 Å². The molecule has 0 aliphatic carbocycles. The number of aromatic nitrogens is 1. The minimum Gasteiger partial charge on any atom is -0.384 e. The number of carbonyl (C=O) groups excluding carboxylic acids is 2. The molecular weight excluding hydrogens is 353 g/mol.